The minimum atomic E-state index is -0.898. The molecular formula is C43H70N2O7. The zero-order chi connectivity index (χ0) is 38.9. The molecule has 5 aliphatic carbocycles. The summed E-state index contributed by atoms with van der Waals surface area (Å²) >= 11 is 0. The highest BCUT2D eigenvalue weighted by atomic mass is 16.6. The summed E-state index contributed by atoms with van der Waals surface area (Å²) in [6, 6.07) is 0. The van der Waals surface area contributed by atoms with Crippen LogP contribution in [0.4, 0.5) is 4.79 Å². The lowest BCUT2D eigenvalue weighted by molar-refractivity contribution is -0.250. The second kappa shape index (κ2) is 13.6. The summed E-state index contributed by atoms with van der Waals surface area (Å²) in [4.78, 5) is 50.5. The van der Waals surface area contributed by atoms with Gasteiger partial charge in [-0.25, -0.2) is 10.2 Å². The molecule has 9 heteroatoms. The standard InChI is InChI=1S/C43H70N2O7/c1-26(2)27-15-20-43(23-32(46)44-45-36(50)52-37(3,4)5)22-21-41(11)28(35(27)43)13-14-30-40(10)18-17-31(39(8,9)29(40)16-19-42(30,41)12)51-34(49)25-38(6,7)24-33(47)48/h27-31,35H,1,13-25H2,2-12H3,(H,44,46)(H,45,50)(H,47,48)/t27-,28+,29?,30?,31-,35?,40-,41+,42+,43+/m0/s1. The van der Waals surface area contributed by atoms with E-state index in [4.69, 9.17) is 9.47 Å². The smallest absolute Gasteiger partial charge is 0.426 e. The molecule has 5 fully saturated rings. The zero-order valence-corrected chi connectivity index (χ0v) is 34.3. The highest BCUT2D eigenvalue weighted by Crippen LogP contribution is 2.78. The van der Waals surface area contributed by atoms with Crippen LogP contribution in [0.25, 0.3) is 0 Å². The maximum atomic E-state index is 13.5. The molecule has 52 heavy (non-hydrogen) atoms. The molecule has 294 valence electrons. The number of ether oxygens (including phenoxy) is 2. The Hall–Kier alpha value is -2.58. The highest BCUT2D eigenvalue weighted by Gasteiger charge is 2.71. The number of esters is 1. The molecule has 5 saturated carbocycles. The summed E-state index contributed by atoms with van der Waals surface area (Å²) in [5, 5.41) is 9.34. The minimum Gasteiger partial charge on any atom is -0.481 e. The van der Waals surface area contributed by atoms with Crippen LogP contribution in [-0.2, 0) is 23.9 Å². The highest BCUT2D eigenvalue weighted by molar-refractivity contribution is 5.80. The maximum absolute atomic E-state index is 13.5. The Balaban J connectivity index is 1.35. The molecule has 0 heterocycles. The third-order valence-corrected chi connectivity index (χ3v) is 15.9. The van der Waals surface area contributed by atoms with Crippen molar-refractivity contribution >= 4 is 23.9 Å². The van der Waals surface area contributed by atoms with E-state index in [0.29, 0.717) is 36.0 Å². The topological polar surface area (TPSA) is 131 Å². The van der Waals surface area contributed by atoms with Gasteiger partial charge in [0.1, 0.15) is 11.7 Å². The Bertz CT molecular complexity index is 1450. The summed E-state index contributed by atoms with van der Waals surface area (Å²) in [6.45, 7) is 28.1. The summed E-state index contributed by atoms with van der Waals surface area (Å²) in [5.41, 5.74) is 5.13. The van der Waals surface area contributed by atoms with Crippen LogP contribution in [0.1, 0.15) is 160 Å². The molecule has 2 amide bonds. The molecule has 0 aromatic carbocycles. The predicted octanol–water partition coefficient (Wildman–Crippen LogP) is 9.39. The number of hydrazine groups is 1. The summed E-state index contributed by atoms with van der Waals surface area (Å²) < 4.78 is 11.6. The van der Waals surface area contributed by atoms with Gasteiger partial charge in [0.05, 0.1) is 12.8 Å². The number of carboxylic acids is 1. The van der Waals surface area contributed by atoms with E-state index in [9.17, 15) is 24.3 Å². The van der Waals surface area contributed by atoms with Gasteiger partial charge in [-0.15, -0.1) is 0 Å². The number of nitrogens with one attached hydrogen (secondary N) is 2. The average Bonchev–Trinajstić information content (AvgIpc) is 3.35. The first kappa shape index (κ1) is 40.6. The summed E-state index contributed by atoms with van der Waals surface area (Å²) in [5.74, 6) is 0.858. The number of carbonyl (C=O) groups excluding carboxylic acids is 3. The molecule has 3 N–H and O–H groups in total. The van der Waals surface area contributed by atoms with Crippen molar-refractivity contribution in [1.29, 1.82) is 0 Å². The molecule has 5 rings (SSSR count). The van der Waals surface area contributed by atoms with Crippen LogP contribution in [0.15, 0.2) is 12.2 Å². The Morgan fingerprint density at radius 1 is 0.788 bits per heavy atom. The van der Waals surface area contributed by atoms with E-state index in [1.165, 1.54) is 5.57 Å². The number of fused-ring (bicyclic) bond motifs is 7. The van der Waals surface area contributed by atoms with Crippen LogP contribution >= 0.6 is 0 Å². The maximum Gasteiger partial charge on any atom is 0.426 e. The van der Waals surface area contributed by atoms with Gasteiger partial charge >= 0.3 is 18.0 Å². The fourth-order valence-electron chi connectivity index (χ4n) is 13.6. The lowest BCUT2D eigenvalue weighted by atomic mass is 9.32. The SMILES string of the molecule is C=C(C)[C@@H]1CC[C@]2(CC(=O)NNC(=O)OC(C)(C)C)CC[C@]3(C)[C@H](CCC4[C@@]5(C)CC[C@H](OC(=O)CC(C)(C)CC(=O)O)C(C)(C)C5CC[C@]43C)C12. The first-order chi connectivity index (χ1) is 23.8. The van der Waals surface area contributed by atoms with Gasteiger partial charge in [0.15, 0.2) is 0 Å². The fourth-order valence-corrected chi connectivity index (χ4v) is 13.6. The van der Waals surface area contributed by atoms with Crippen molar-refractivity contribution in [2.24, 2.45) is 62.1 Å². The van der Waals surface area contributed by atoms with Gasteiger partial charge in [0, 0.05) is 11.8 Å². The van der Waals surface area contributed by atoms with E-state index in [1.807, 2.05) is 13.8 Å². The number of amides is 2. The normalized spacial score (nSPS) is 39.4. The van der Waals surface area contributed by atoms with Gasteiger partial charge in [0.2, 0.25) is 5.91 Å². The largest absolute Gasteiger partial charge is 0.481 e. The zero-order valence-electron chi connectivity index (χ0n) is 34.3. The number of hydrogen-bond donors (Lipinski definition) is 3. The van der Waals surface area contributed by atoms with E-state index >= 15 is 0 Å². The minimum absolute atomic E-state index is 0.0650. The van der Waals surface area contributed by atoms with E-state index < -0.39 is 23.1 Å². The molecule has 0 spiro atoms. The molecular weight excluding hydrogens is 656 g/mol. The number of aliphatic carboxylic acids is 1. The molecule has 0 radical (unpaired) electrons. The molecule has 0 aromatic heterocycles. The number of carbonyl (C=O) groups is 4. The van der Waals surface area contributed by atoms with Crippen molar-refractivity contribution in [3.63, 3.8) is 0 Å². The Morgan fingerprint density at radius 3 is 2.08 bits per heavy atom. The number of hydrogen-bond acceptors (Lipinski definition) is 6. The number of rotatable bonds is 8. The van der Waals surface area contributed by atoms with Gasteiger partial charge in [-0.2, -0.15) is 0 Å². The van der Waals surface area contributed by atoms with E-state index in [0.717, 1.165) is 64.2 Å². The Labute approximate surface area is 313 Å². The van der Waals surface area contributed by atoms with Gasteiger partial charge in [-0.1, -0.05) is 60.6 Å². The molecule has 10 atom stereocenters. The number of allylic oxidation sites excluding steroid dienone is 1. The van der Waals surface area contributed by atoms with Crippen molar-refractivity contribution in [3.05, 3.63) is 12.2 Å². The molecule has 9 nitrogen and oxygen atoms in total. The average molecular weight is 727 g/mol. The number of carboxylic acid groups (broad SMARTS) is 1. The van der Waals surface area contributed by atoms with E-state index in [2.05, 4.69) is 59.0 Å². The lowest BCUT2D eigenvalue weighted by Gasteiger charge is -2.73. The van der Waals surface area contributed by atoms with Crippen LogP contribution in [-0.4, -0.2) is 40.8 Å². The van der Waals surface area contributed by atoms with E-state index in [-0.39, 0.29) is 57.9 Å². The van der Waals surface area contributed by atoms with Crippen molar-refractivity contribution in [2.45, 2.75) is 171 Å². The Kier molecular flexibility index (Phi) is 10.6. The first-order valence-corrected chi connectivity index (χ1v) is 20.1. The second-order valence-corrected chi connectivity index (χ2v) is 21.2. The van der Waals surface area contributed by atoms with Gasteiger partial charge in [-0.05, 0) is 149 Å². The quantitative estimate of drug-likeness (QED) is 0.129. The monoisotopic (exact) mass is 727 g/mol. The molecule has 0 saturated heterocycles. The van der Waals surface area contributed by atoms with Crippen molar-refractivity contribution in [2.75, 3.05) is 0 Å². The van der Waals surface area contributed by atoms with Gasteiger partial charge in [0.25, 0.3) is 0 Å². The van der Waals surface area contributed by atoms with Crippen LogP contribution in [0.3, 0.4) is 0 Å². The predicted molar refractivity (Wildman–Crippen MR) is 202 cm³/mol. The van der Waals surface area contributed by atoms with Gasteiger partial charge in [-0.3, -0.25) is 19.8 Å². The van der Waals surface area contributed by atoms with Crippen LogP contribution in [0.2, 0.25) is 0 Å². The third kappa shape index (κ3) is 7.17. The summed E-state index contributed by atoms with van der Waals surface area (Å²) in [6.07, 6.45) is 10.1. The molecule has 0 aromatic rings. The first-order valence-electron chi connectivity index (χ1n) is 20.1. The Morgan fingerprint density at radius 2 is 1.46 bits per heavy atom. The molecule has 0 aliphatic heterocycles. The lowest BCUT2D eigenvalue weighted by Crippen LogP contribution is -2.67. The summed E-state index contributed by atoms with van der Waals surface area (Å²) in [7, 11) is 0. The van der Waals surface area contributed by atoms with Crippen LogP contribution < -0.4 is 10.9 Å². The van der Waals surface area contributed by atoms with E-state index in [1.54, 1.807) is 20.8 Å². The van der Waals surface area contributed by atoms with Crippen molar-refractivity contribution in [1.82, 2.24) is 10.9 Å². The third-order valence-electron chi connectivity index (χ3n) is 15.9. The molecule has 5 aliphatic rings. The fraction of sp³-hybridized carbons (Fsp3) is 0.860. The molecule has 0 bridgehead atoms. The van der Waals surface area contributed by atoms with Crippen LogP contribution in [0, 0.1) is 62.1 Å². The van der Waals surface area contributed by atoms with Crippen molar-refractivity contribution in [3.8, 4) is 0 Å². The molecule has 3 unspecified atom stereocenters. The second-order valence-electron chi connectivity index (χ2n) is 21.2. The van der Waals surface area contributed by atoms with Gasteiger partial charge < -0.3 is 14.6 Å². The van der Waals surface area contributed by atoms with Crippen LogP contribution in [0.5, 0.6) is 0 Å². The van der Waals surface area contributed by atoms with Crippen molar-refractivity contribution < 1.29 is 33.8 Å².